The molecule has 0 unspecified atom stereocenters. The summed E-state index contributed by atoms with van der Waals surface area (Å²) >= 11 is 6.03. The smallest absolute Gasteiger partial charge is 0.233 e. The van der Waals surface area contributed by atoms with E-state index in [2.05, 4.69) is 0 Å². The number of nitrogens with zero attached hydrogens (tertiary/aromatic N) is 1. The molecular weight excluding hydrogens is 296 g/mol. The average Bonchev–Trinajstić information content (AvgIpc) is 2.56. The van der Waals surface area contributed by atoms with E-state index < -0.39 is 0 Å². The maximum atomic E-state index is 13.3. The summed E-state index contributed by atoms with van der Waals surface area (Å²) in [6.07, 6.45) is 7.23. The highest BCUT2D eigenvalue weighted by atomic mass is 35.5. The Hall–Kier alpha value is -1.06. The van der Waals surface area contributed by atoms with Gasteiger partial charge in [0.15, 0.2) is 0 Å². The number of nitrogens with two attached hydrogens (primary N) is 1. The lowest BCUT2D eigenvalue weighted by atomic mass is 9.68. The van der Waals surface area contributed by atoms with Gasteiger partial charge in [-0.15, -0.1) is 0 Å². The van der Waals surface area contributed by atoms with Crippen molar-refractivity contribution < 1.29 is 4.79 Å². The summed E-state index contributed by atoms with van der Waals surface area (Å²) in [7, 11) is 0. The predicted octanol–water partition coefficient (Wildman–Crippen LogP) is 3.49. The van der Waals surface area contributed by atoms with E-state index in [0.29, 0.717) is 5.91 Å². The molecule has 1 aromatic carbocycles. The molecule has 0 atom stereocenters. The van der Waals surface area contributed by atoms with Crippen LogP contribution in [0.1, 0.15) is 50.5 Å². The topological polar surface area (TPSA) is 46.3 Å². The van der Waals surface area contributed by atoms with E-state index >= 15 is 0 Å². The normalized spacial score (nSPS) is 22.5. The molecule has 1 amide bonds. The lowest BCUT2D eigenvalue weighted by Gasteiger charge is -2.42. The van der Waals surface area contributed by atoms with Crippen LogP contribution < -0.4 is 5.73 Å². The van der Waals surface area contributed by atoms with E-state index in [0.717, 1.165) is 62.2 Å². The number of likely N-dealkylation sites (tertiary alicyclic amines) is 1. The fraction of sp³-hybridized carbons (Fsp3) is 0.611. The first-order chi connectivity index (χ1) is 10.6. The Kier molecular flexibility index (Phi) is 4.74. The van der Waals surface area contributed by atoms with Gasteiger partial charge in [-0.05, 0) is 43.4 Å². The van der Waals surface area contributed by atoms with Crippen LogP contribution in [0.3, 0.4) is 0 Å². The molecule has 2 N–H and O–H groups in total. The molecule has 1 heterocycles. The van der Waals surface area contributed by atoms with E-state index in [-0.39, 0.29) is 11.5 Å². The summed E-state index contributed by atoms with van der Waals surface area (Å²) in [6.45, 7) is 1.60. The number of carbonyl (C=O) groups excluding carboxylic acids is 1. The van der Waals surface area contributed by atoms with Crippen LogP contribution in [-0.2, 0) is 10.2 Å². The predicted molar refractivity (Wildman–Crippen MR) is 90.0 cm³/mol. The minimum atomic E-state index is -0.343. The van der Waals surface area contributed by atoms with E-state index in [4.69, 9.17) is 17.3 Å². The number of piperidine rings is 1. The quantitative estimate of drug-likeness (QED) is 0.906. The summed E-state index contributed by atoms with van der Waals surface area (Å²) in [5.41, 5.74) is 6.78. The fourth-order valence-corrected chi connectivity index (χ4v) is 4.08. The minimum absolute atomic E-state index is 0.252. The SMILES string of the molecule is NC1CCN(C(=O)C2(c3ccc(Cl)cc3)CCCCC2)CC1. The molecule has 120 valence electrons. The highest BCUT2D eigenvalue weighted by Crippen LogP contribution is 2.41. The van der Waals surface area contributed by atoms with Crippen LogP contribution in [0.4, 0.5) is 0 Å². The van der Waals surface area contributed by atoms with Crippen LogP contribution >= 0.6 is 11.6 Å². The molecule has 3 nitrogen and oxygen atoms in total. The number of hydrogen-bond donors (Lipinski definition) is 1. The lowest BCUT2D eigenvalue weighted by molar-refractivity contribution is -0.140. The molecule has 1 saturated heterocycles. The fourth-order valence-electron chi connectivity index (χ4n) is 3.96. The molecule has 0 spiro atoms. The van der Waals surface area contributed by atoms with Gasteiger partial charge in [-0.3, -0.25) is 4.79 Å². The Labute approximate surface area is 137 Å². The first-order valence-electron chi connectivity index (χ1n) is 8.43. The minimum Gasteiger partial charge on any atom is -0.342 e. The van der Waals surface area contributed by atoms with E-state index in [1.54, 1.807) is 0 Å². The third-order valence-electron chi connectivity index (χ3n) is 5.34. The van der Waals surface area contributed by atoms with E-state index in [1.807, 2.05) is 29.2 Å². The molecule has 1 aliphatic heterocycles. The summed E-state index contributed by atoms with van der Waals surface area (Å²) in [6, 6.07) is 8.16. The van der Waals surface area contributed by atoms with Crippen molar-refractivity contribution in [3.63, 3.8) is 0 Å². The molecule has 0 radical (unpaired) electrons. The molecule has 2 aliphatic rings. The van der Waals surface area contributed by atoms with Gasteiger partial charge in [0, 0.05) is 24.2 Å². The molecular formula is C18H25ClN2O. The van der Waals surface area contributed by atoms with Crippen LogP contribution in [0.5, 0.6) is 0 Å². The van der Waals surface area contributed by atoms with E-state index in [1.165, 1.54) is 6.42 Å². The van der Waals surface area contributed by atoms with Gasteiger partial charge < -0.3 is 10.6 Å². The average molecular weight is 321 g/mol. The Bertz CT molecular complexity index is 514. The van der Waals surface area contributed by atoms with Crippen molar-refractivity contribution in [1.29, 1.82) is 0 Å². The van der Waals surface area contributed by atoms with Gasteiger partial charge in [0.25, 0.3) is 0 Å². The zero-order valence-electron chi connectivity index (χ0n) is 13.1. The van der Waals surface area contributed by atoms with Crippen molar-refractivity contribution in [2.45, 2.75) is 56.4 Å². The second kappa shape index (κ2) is 6.59. The zero-order valence-corrected chi connectivity index (χ0v) is 13.8. The molecule has 22 heavy (non-hydrogen) atoms. The second-order valence-corrected chi connectivity index (χ2v) is 7.22. The molecule has 4 heteroatoms. The van der Waals surface area contributed by atoms with Crippen molar-refractivity contribution in [2.75, 3.05) is 13.1 Å². The Balaban J connectivity index is 1.88. The van der Waals surface area contributed by atoms with Crippen LogP contribution in [0, 0.1) is 0 Å². The monoisotopic (exact) mass is 320 g/mol. The summed E-state index contributed by atoms with van der Waals surface area (Å²) in [4.78, 5) is 15.4. The summed E-state index contributed by atoms with van der Waals surface area (Å²) < 4.78 is 0. The van der Waals surface area contributed by atoms with Crippen molar-refractivity contribution in [3.8, 4) is 0 Å². The van der Waals surface area contributed by atoms with Gasteiger partial charge >= 0.3 is 0 Å². The number of carbonyl (C=O) groups is 1. The number of rotatable bonds is 2. The van der Waals surface area contributed by atoms with Gasteiger partial charge in [0.2, 0.25) is 5.91 Å². The van der Waals surface area contributed by atoms with Gasteiger partial charge in [-0.1, -0.05) is 43.0 Å². The number of benzene rings is 1. The molecule has 1 aromatic rings. The number of halogens is 1. The van der Waals surface area contributed by atoms with Crippen molar-refractivity contribution >= 4 is 17.5 Å². The highest BCUT2D eigenvalue weighted by molar-refractivity contribution is 6.30. The van der Waals surface area contributed by atoms with Gasteiger partial charge in [-0.25, -0.2) is 0 Å². The first kappa shape index (κ1) is 15.8. The highest BCUT2D eigenvalue weighted by Gasteiger charge is 2.43. The standard InChI is InChI=1S/C18H25ClN2O/c19-15-6-4-14(5-7-15)18(10-2-1-3-11-18)17(22)21-12-8-16(20)9-13-21/h4-7,16H,1-3,8-13,20H2. The van der Waals surface area contributed by atoms with Crippen molar-refractivity contribution in [3.05, 3.63) is 34.9 Å². The third-order valence-corrected chi connectivity index (χ3v) is 5.59. The largest absolute Gasteiger partial charge is 0.342 e. The van der Waals surface area contributed by atoms with Crippen LogP contribution in [-0.4, -0.2) is 29.9 Å². The Morgan fingerprint density at radius 3 is 2.27 bits per heavy atom. The maximum Gasteiger partial charge on any atom is 0.233 e. The summed E-state index contributed by atoms with van der Waals surface area (Å²) in [5, 5.41) is 0.728. The van der Waals surface area contributed by atoms with Crippen molar-refractivity contribution in [2.24, 2.45) is 5.73 Å². The molecule has 3 rings (SSSR count). The van der Waals surface area contributed by atoms with Gasteiger partial charge in [0.1, 0.15) is 0 Å². The van der Waals surface area contributed by atoms with Crippen LogP contribution in [0.2, 0.25) is 5.02 Å². The molecule has 1 saturated carbocycles. The lowest BCUT2D eigenvalue weighted by Crippen LogP contribution is -2.52. The molecule has 1 aliphatic carbocycles. The third kappa shape index (κ3) is 3.02. The maximum absolute atomic E-state index is 13.3. The zero-order chi connectivity index (χ0) is 15.6. The molecule has 0 bridgehead atoms. The number of amides is 1. The van der Waals surface area contributed by atoms with Gasteiger partial charge in [0.05, 0.1) is 5.41 Å². The van der Waals surface area contributed by atoms with Crippen LogP contribution in [0.15, 0.2) is 24.3 Å². The van der Waals surface area contributed by atoms with Crippen LogP contribution in [0.25, 0.3) is 0 Å². The summed E-state index contributed by atoms with van der Waals surface area (Å²) in [5.74, 6) is 0.307. The second-order valence-electron chi connectivity index (χ2n) is 6.78. The Morgan fingerprint density at radius 1 is 1.09 bits per heavy atom. The van der Waals surface area contributed by atoms with E-state index in [9.17, 15) is 4.79 Å². The van der Waals surface area contributed by atoms with Crippen molar-refractivity contribution in [1.82, 2.24) is 4.90 Å². The Morgan fingerprint density at radius 2 is 1.68 bits per heavy atom. The molecule has 2 fully saturated rings. The first-order valence-corrected chi connectivity index (χ1v) is 8.81. The molecule has 0 aromatic heterocycles. The van der Waals surface area contributed by atoms with Gasteiger partial charge in [-0.2, -0.15) is 0 Å². The number of hydrogen-bond acceptors (Lipinski definition) is 2.